The quantitative estimate of drug-likeness (QED) is 0.539. The van der Waals surface area contributed by atoms with Crippen LogP contribution < -0.4 is 0 Å². The van der Waals surface area contributed by atoms with Crippen LogP contribution >= 0.6 is 0 Å². The molecule has 0 heterocycles. The molecule has 0 aromatic rings. The van der Waals surface area contributed by atoms with E-state index in [2.05, 4.69) is 30.1 Å². The van der Waals surface area contributed by atoms with E-state index in [1.54, 1.807) is 0 Å². The molecule has 0 N–H and O–H groups in total. The number of nitrogens with zero attached hydrogens (tertiary/aromatic N) is 1. The van der Waals surface area contributed by atoms with E-state index in [1.165, 1.54) is 11.1 Å². The van der Waals surface area contributed by atoms with Crippen LogP contribution in [0.2, 0.25) is 0 Å². The number of hydrogen-bond donors (Lipinski definition) is 0. The third kappa shape index (κ3) is 5.11. The lowest BCUT2D eigenvalue weighted by atomic mass is 10.0. The van der Waals surface area contributed by atoms with Crippen LogP contribution in [0.5, 0.6) is 0 Å². The number of allylic oxidation sites excluding steroid dienone is 8. The summed E-state index contributed by atoms with van der Waals surface area (Å²) in [5, 5.41) is 0. The van der Waals surface area contributed by atoms with Crippen molar-refractivity contribution in [1.29, 1.82) is 0 Å². The Balaban J connectivity index is 2.59. The Morgan fingerprint density at radius 1 is 1.41 bits per heavy atom. The zero-order chi connectivity index (χ0) is 12.5. The van der Waals surface area contributed by atoms with Crippen molar-refractivity contribution < 1.29 is 4.43 Å². The molecule has 0 spiro atoms. The van der Waals surface area contributed by atoms with E-state index >= 15 is 0 Å². The standard InChI is InChI=1S/C14H21NOSi/c1-12(6-5-11-16-17)9-10-13-7-3-4-8-14(13)15-2/h3-4,7-10H,5-6,11H2,1-2,17H3/b12-9+,13-10-,15-14?. The third-order valence-corrected chi connectivity index (χ3v) is 3.05. The van der Waals surface area contributed by atoms with Gasteiger partial charge in [0, 0.05) is 13.7 Å². The van der Waals surface area contributed by atoms with Crippen LogP contribution in [0.25, 0.3) is 0 Å². The lowest BCUT2D eigenvalue weighted by Gasteiger charge is -2.05. The van der Waals surface area contributed by atoms with Crippen LogP contribution in [0, 0.1) is 0 Å². The van der Waals surface area contributed by atoms with Crippen molar-refractivity contribution in [2.75, 3.05) is 13.7 Å². The second-order valence-electron chi connectivity index (χ2n) is 4.06. The van der Waals surface area contributed by atoms with Gasteiger partial charge in [0.1, 0.15) is 10.5 Å². The van der Waals surface area contributed by atoms with E-state index in [4.69, 9.17) is 4.43 Å². The summed E-state index contributed by atoms with van der Waals surface area (Å²) in [4.78, 5) is 4.25. The molecule has 0 fully saturated rings. The molecule has 0 aliphatic heterocycles. The summed E-state index contributed by atoms with van der Waals surface area (Å²) in [5.41, 5.74) is 3.60. The summed E-state index contributed by atoms with van der Waals surface area (Å²) < 4.78 is 5.18. The molecule has 0 radical (unpaired) electrons. The molecule has 3 heteroatoms. The van der Waals surface area contributed by atoms with E-state index < -0.39 is 0 Å². The summed E-state index contributed by atoms with van der Waals surface area (Å²) >= 11 is 0. The van der Waals surface area contributed by atoms with Gasteiger partial charge in [-0.1, -0.05) is 36.0 Å². The van der Waals surface area contributed by atoms with Gasteiger partial charge in [-0.25, -0.2) is 0 Å². The molecular weight excluding hydrogens is 226 g/mol. The smallest absolute Gasteiger partial charge is 0.145 e. The van der Waals surface area contributed by atoms with Crippen molar-refractivity contribution >= 4 is 16.2 Å². The minimum Gasteiger partial charge on any atom is -0.428 e. The second-order valence-corrected chi connectivity index (χ2v) is 4.64. The van der Waals surface area contributed by atoms with Crippen LogP contribution in [0.3, 0.4) is 0 Å². The molecule has 92 valence electrons. The maximum absolute atomic E-state index is 5.18. The van der Waals surface area contributed by atoms with Gasteiger partial charge < -0.3 is 4.43 Å². The predicted molar refractivity (Wildman–Crippen MR) is 78.6 cm³/mol. The molecule has 0 aromatic carbocycles. The fourth-order valence-corrected chi connectivity index (χ4v) is 1.93. The Labute approximate surface area is 107 Å². The summed E-state index contributed by atoms with van der Waals surface area (Å²) in [7, 11) is 2.67. The fraction of sp³-hybridized carbons (Fsp3) is 0.357. The van der Waals surface area contributed by atoms with Gasteiger partial charge in [0.25, 0.3) is 0 Å². The largest absolute Gasteiger partial charge is 0.428 e. The van der Waals surface area contributed by atoms with E-state index in [0.717, 1.165) is 35.6 Å². The van der Waals surface area contributed by atoms with Gasteiger partial charge in [0.05, 0.1) is 5.71 Å². The van der Waals surface area contributed by atoms with Crippen molar-refractivity contribution in [3.63, 3.8) is 0 Å². The van der Waals surface area contributed by atoms with Crippen molar-refractivity contribution in [3.8, 4) is 0 Å². The molecule has 0 bridgehead atoms. The summed E-state index contributed by atoms with van der Waals surface area (Å²) in [5.74, 6) is 0. The first-order valence-corrected chi connectivity index (χ1v) is 6.78. The fourth-order valence-electron chi connectivity index (χ4n) is 1.64. The molecule has 0 saturated carbocycles. The summed E-state index contributed by atoms with van der Waals surface area (Å²) in [6, 6.07) is 0. The molecule has 1 rings (SSSR count). The average Bonchev–Trinajstić information content (AvgIpc) is 2.37. The van der Waals surface area contributed by atoms with Gasteiger partial charge in [0.15, 0.2) is 0 Å². The van der Waals surface area contributed by atoms with E-state index in [-0.39, 0.29) is 0 Å². The van der Waals surface area contributed by atoms with Gasteiger partial charge in [-0.3, -0.25) is 4.99 Å². The zero-order valence-corrected chi connectivity index (χ0v) is 12.9. The maximum atomic E-state index is 5.18. The lowest BCUT2D eigenvalue weighted by Crippen LogP contribution is -1.99. The summed E-state index contributed by atoms with van der Waals surface area (Å²) in [6.45, 7) is 3.05. The number of rotatable bonds is 5. The highest BCUT2D eigenvalue weighted by molar-refractivity contribution is 6.11. The number of hydrogen-bond acceptors (Lipinski definition) is 2. The first kappa shape index (κ1) is 13.9. The molecule has 17 heavy (non-hydrogen) atoms. The van der Waals surface area contributed by atoms with Gasteiger partial charge in [-0.05, 0) is 31.4 Å². The lowest BCUT2D eigenvalue weighted by molar-refractivity contribution is 0.341. The maximum Gasteiger partial charge on any atom is 0.145 e. The van der Waals surface area contributed by atoms with Crippen LogP contribution in [-0.4, -0.2) is 29.9 Å². The van der Waals surface area contributed by atoms with E-state index in [1.807, 2.05) is 25.3 Å². The normalized spacial score (nSPS) is 20.7. The molecule has 0 unspecified atom stereocenters. The van der Waals surface area contributed by atoms with Crippen molar-refractivity contribution in [2.24, 2.45) is 4.99 Å². The molecule has 0 saturated heterocycles. The molecular formula is C14H21NOSi. The van der Waals surface area contributed by atoms with Crippen LogP contribution in [0.1, 0.15) is 19.8 Å². The SMILES string of the molecule is CN=C1C=CC=C/C1=C/C=C(\C)CCCO[SiH3]. The highest BCUT2D eigenvalue weighted by Gasteiger charge is 2.00. The Morgan fingerprint density at radius 2 is 2.18 bits per heavy atom. The van der Waals surface area contributed by atoms with E-state index in [0.29, 0.717) is 0 Å². The Bertz CT molecular complexity index is 389. The predicted octanol–water partition coefficient (Wildman–Crippen LogP) is 2.13. The molecule has 2 nitrogen and oxygen atoms in total. The Hall–Kier alpha value is -1.19. The first-order chi connectivity index (χ1) is 8.27. The zero-order valence-electron chi connectivity index (χ0n) is 10.9. The second kappa shape index (κ2) is 7.98. The van der Waals surface area contributed by atoms with Crippen molar-refractivity contribution in [2.45, 2.75) is 19.8 Å². The van der Waals surface area contributed by atoms with Gasteiger partial charge in [0.2, 0.25) is 0 Å². The Morgan fingerprint density at radius 3 is 2.88 bits per heavy atom. The topological polar surface area (TPSA) is 21.6 Å². The Kier molecular flexibility index (Phi) is 6.51. The minimum absolute atomic E-state index is 0.841. The molecule has 0 amide bonds. The monoisotopic (exact) mass is 247 g/mol. The third-order valence-electron chi connectivity index (χ3n) is 2.64. The van der Waals surface area contributed by atoms with Crippen LogP contribution in [0.4, 0.5) is 0 Å². The average molecular weight is 247 g/mol. The van der Waals surface area contributed by atoms with Gasteiger partial charge >= 0.3 is 0 Å². The van der Waals surface area contributed by atoms with Crippen molar-refractivity contribution in [1.82, 2.24) is 0 Å². The molecule has 0 aromatic heterocycles. The highest BCUT2D eigenvalue weighted by atomic mass is 28.2. The highest BCUT2D eigenvalue weighted by Crippen LogP contribution is 2.11. The molecule has 1 aliphatic carbocycles. The van der Waals surface area contributed by atoms with Crippen molar-refractivity contribution in [3.05, 3.63) is 47.6 Å². The molecule has 1 aliphatic rings. The summed E-state index contributed by atoms with van der Waals surface area (Å²) in [6.07, 6.45) is 14.7. The van der Waals surface area contributed by atoms with Gasteiger partial charge in [-0.15, -0.1) is 0 Å². The molecule has 0 atom stereocenters. The van der Waals surface area contributed by atoms with Gasteiger partial charge in [-0.2, -0.15) is 0 Å². The van der Waals surface area contributed by atoms with E-state index in [9.17, 15) is 0 Å². The van der Waals surface area contributed by atoms with Crippen LogP contribution in [-0.2, 0) is 4.43 Å². The number of aliphatic imine (C=N–C) groups is 1. The minimum atomic E-state index is 0.841. The van der Waals surface area contributed by atoms with Crippen LogP contribution in [0.15, 0.2) is 52.6 Å². The first-order valence-electron chi connectivity index (χ1n) is 5.96.